The molecule has 5 rings (SSSR count). The standard InChI is InChI=1S/C20H17N5O3S/c1-26-15-9-12(10-16(27-2)17(15)28-3)18-22-23-20-25(18)24-19(29-20)14-8-11-6-4-5-7-13(11)21-14/h4-10,21H,1-3H3. The Hall–Kier alpha value is -3.59. The van der Waals surface area contributed by atoms with Crippen LogP contribution in [-0.4, -0.2) is 46.1 Å². The van der Waals surface area contributed by atoms with E-state index in [1.54, 1.807) is 25.8 Å². The maximum absolute atomic E-state index is 5.45. The third-order valence-electron chi connectivity index (χ3n) is 4.67. The second-order valence-electron chi connectivity index (χ2n) is 6.31. The molecule has 0 unspecified atom stereocenters. The average molecular weight is 407 g/mol. The number of H-pyrrole nitrogens is 1. The highest BCUT2D eigenvalue weighted by atomic mass is 32.1. The Morgan fingerprint density at radius 1 is 0.931 bits per heavy atom. The van der Waals surface area contributed by atoms with E-state index >= 15 is 0 Å². The maximum atomic E-state index is 5.45. The molecule has 2 aromatic carbocycles. The summed E-state index contributed by atoms with van der Waals surface area (Å²) in [7, 11) is 4.73. The fourth-order valence-electron chi connectivity index (χ4n) is 3.30. The van der Waals surface area contributed by atoms with Crippen molar-refractivity contribution in [3.63, 3.8) is 0 Å². The zero-order chi connectivity index (χ0) is 20.0. The molecule has 1 N–H and O–H groups in total. The Kier molecular flexibility index (Phi) is 4.09. The molecule has 0 fully saturated rings. The predicted molar refractivity (Wildman–Crippen MR) is 111 cm³/mol. The Labute approximate surface area is 169 Å². The van der Waals surface area contributed by atoms with E-state index in [9.17, 15) is 0 Å². The Morgan fingerprint density at radius 2 is 1.69 bits per heavy atom. The van der Waals surface area contributed by atoms with E-state index in [4.69, 9.17) is 19.3 Å². The van der Waals surface area contributed by atoms with Gasteiger partial charge in [0.05, 0.1) is 27.0 Å². The van der Waals surface area contributed by atoms with Gasteiger partial charge in [0.1, 0.15) is 0 Å². The predicted octanol–water partition coefficient (Wildman–Crippen LogP) is 4.03. The third kappa shape index (κ3) is 2.78. The number of ether oxygens (including phenoxy) is 3. The van der Waals surface area contributed by atoms with Crippen LogP contribution in [0.1, 0.15) is 0 Å². The minimum Gasteiger partial charge on any atom is -0.493 e. The zero-order valence-electron chi connectivity index (χ0n) is 16.0. The fraction of sp³-hybridized carbons (Fsp3) is 0.150. The van der Waals surface area contributed by atoms with E-state index in [0.29, 0.717) is 28.0 Å². The van der Waals surface area contributed by atoms with Crippen LogP contribution in [0.25, 0.3) is 38.0 Å². The Balaban J connectivity index is 1.63. The maximum Gasteiger partial charge on any atom is 0.235 e. The lowest BCUT2D eigenvalue weighted by atomic mass is 10.1. The van der Waals surface area contributed by atoms with Crippen LogP contribution in [0, 0.1) is 0 Å². The van der Waals surface area contributed by atoms with Gasteiger partial charge in [0, 0.05) is 16.5 Å². The lowest BCUT2D eigenvalue weighted by molar-refractivity contribution is 0.324. The van der Waals surface area contributed by atoms with Crippen LogP contribution in [0.2, 0.25) is 0 Å². The van der Waals surface area contributed by atoms with Crippen molar-refractivity contribution in [1.82, 2.24) is 24.8 Å². The van der Waals surface area contributed by atoms with Crippen molar-refractivity contribution in [1.29, 1.82) is 0 Å². The number of para-hydroxylation sites is 1. The fourth-order valence-corrected chi connectivity index (χ4v) is 4.12. The highest BCUT2D eigenvalue weighted by Gasteiger charge is 2.20. The third-order valence-corrected chi connectivity index (χ3v) is 5.61. The lowest BCUT2D eigenvalue weighted by Gasteiger charge is -2.13. The zero-order valence-corrected chi connectivity index (χ0v) is 16.8. The summed E-state index contributed by atoms with van der Waals surface area (Å²) in [5.74, 6) is 2.21. The van der Waals surface area contributed by atoms with Crippen LogP contribution in [-0.2, 0) is 0 Å². The van der Waals surface area contributed by atoms with E-state index in [-0.39, 0.29) is 0 Å². The summed E-state index contributed by atoms with van der Waals surface area (Å²) in [6, 6.07) is 13.9. The number of rotatable bonds is 5. The molecule has 0 radical (unpaired) electrons. The van der Waals surface area contributed by atoms with Crippen LogP contribution < -0.4 is 14.2 Å². The number of fused-ring (bicyclic) bond motifs is 2. The van der Waals surface area contributed by atoms with Gasteiger partial charge >= 0.3 is 0 Å². The van der Waals surface area contributed by atoms with Gasteiger partial charge in [-0.15, -0.1) is 10.2 Å². The number of aromatic amines is 1. The molecule has 0 atom stereocenters. The van der Waals surface area contributed by atoms with Crippen molar-refractivity contribution >= 4 is 27.2 Å². The molecule has 29 heavy (non-hydrogen) atoms. The molecule has 8 nitrogen and oxygen atoms in total. The smallest absolute Gasteiger partial charge is 0.235 e. The van der Waals surface area contributed by atoms with Gasteiger partial charge in [0.25, 0.3) is 0 Å². The summed E-state index contributed by atoms with van der Waals surface area (Å²) in [6.45, 7) is 0. The van der Waals surface area contributed by atoms with Gasteiger partial charge < -0.3 is 19.2 Å². The minimum absolute atomic E-state index is 0.525. The van der Waals surface area contributed by atoms with E-state index in [1.807, 2.05) is 30.3 Å². The largest absolute Gasteiger partial charge is 0.493 e. The van der Waals surface area contributed by atoms with Crippen molar-refractivity contribution in [2.24, 2.45) is 0 Å². The van der Waals surface area contributed by atoms with Crippen LogP contribution in [0.15, 0.2) is 42.5 Å². The molecule has 0 bridgehead atoms. The van der Waals surface area contributed by atoms with Crippen molar-refractivity contribution in [3.05, 3.63) is 42.5 Å². The highest BCUT2D eigenvalue weighted by Crippen LogP contribution is 2.41. The van der Waals surface area contributed by atoms with Gasteiger partial charge in [-0.05, 0) is 24.3 Å². The summed E-state index contributed by atoms with van der Waals surface area (Å²) >= 11 is 1.47. The van der Waals surface area contributed by atoms with E-state index in [0.717, 1.165) is 27.2 Å². The molecule has 0 saturated heterocycles. The molecule has 0 aliphatic rings. The summed E-state index contributed by atoms with van der Waals surface area (Å²) in [4.78, 5) is 4.10. The first-order chi connectivity index (χ1) is 14.2. The molecule has 9 heteroatoms. The summed E-state index contributed by atoms with van der Waals surface area (Å²) in [6.07, 6.45) is 0. The van der Waals surface area contributed by atoms with Crippen LogP contribution in [0.5, 0.6) is 17.2 Å². The summed E-state index contributed by atoms with van der Waals surface area (Å²) < 4.78 is 18.0. The number of nitrogens with one attached hydrogen (secondary N) is 1. The van der Waals surface area contributed by atoms with Gasteiger partial charge in [0.15, 0.2) is 22.3 Å². The number of aromatic nitrogens is 5. The summed E-state index contributed by atoms with van der Waals surface area (Å²) in [5, 5.41) is 15.3. The Bertz CT molecular complexity index is 1280. The van der Waals surface area contributed by atoms with Crippen molar-refractivity contribution < 1.29 is 14.2 Å². The number of hydrogen-bond donors (Lipinski definition) is 1. The lowest BCUT2D eigenvalue weighted by Crippen LogP contribution is -1.97. The van der Waals surface area contributed by atoms with Crippen LogP contribution >= 0.6 is 11.3 Å². The van der Waals surface area contributed by atoms with Gasteiger partial charge in [-0.25, -0.2) is 0 Å². The van der Waals surface area contributed by atoms with Gasteiger partial charge in [-0.1, -0.05) is 29.5 Å². The molecule has 146 valence electrons. The molecular formula is C20H17N5O3S. The van der Waals surface area contributed by atoms with E-state index in [1.165, 1.54) is 11.3 Å². The van der Waals surface area contributed by atoms with E-state index < -0.39 is 0 Å². The van der Waals surface area contributed by atoms with Gasteiger partial charge in [-0.3, -0.25) is 0 Å². The second kappa shape index (κ2) is 6.78. The van der Waals surface area contributed by atoms with Crippen molar-refractivity contribution in [3.8, 4) is 39.3 Å². The molecule has 3 heterocycles. The SMILES string of the molecule is COc1cc(-c2nnc3sc(-c4cc5ccccc5[nH]4)nn23)cc(OC)c1OC. The number of benzene rings is 2. The molecule has 0 saturated carbocycles. The molecular weight excluding hydrogens is 390 g/mol. The normalized spacial score (nSPS) is 11.3. The summed E-state index contributed by atoms with van der Waals surface area (Å²) in [5.41, 5.74) is 2.77. The van der Waals surface area contributed by atoms with Crippen molar-refractivity contribution in [2.75, 3.05) is 21.3 Å². The first kappa shape index (κ1) is 17.5. The minimum atomic E-state index is 0.525. The molecule has 3 aromatic heterocycles. The van der Waals surface area contributed by atoms with E-state index in [2.05, 4.69) is 27.3 Å². The number of methoxy groups -OCH3 is 3. The molecule has 0 aliphatic carbocycles. The molecule has 0 spiro atoms. The second-order valence-corrected chi connectivity index (χ2v) is 7.27. The number of nitrogens with zero attached hydrogens (tertiary/aromatic N) is 4. The first-order valence-electron chi connectivity index (χ1n) is 8.82. The van der Waals surface area contributed by atoms with Crippen LogP contribution in [0.4, 0.5) is 0 Å². The number of hydrogen-bond acceptors (Lipinski definition) is 7. The van der Waals surface area contributed by atoms with Gasteiger partial charge in [0.2, 0.25) is 10.7 Å². The van der Waals surface area contributed by atoms with Crippen molar-refractivity contribution in [2.45, 2.75) is 0 Å². The Morgan fingerprint density at radius 3 is 2.38 bits per heavy atom. The van der Waals surface area contributed by atoms with Crippen LogP contribution in [0.3, 0.4) is 0 Å². The monoisotopic (exact) mass is 407 g/mol. The molecule has 0 amide bonds. The van der Waals surface area contributed by atoms with Gasteiger partial charge in [-0.2, -0.15) is 9.61 Å². The first-order valence-corrected chi connectivity index (χ1v) is 9.64. The molecule has 5 aromatic rings. The highest BCUT2D eigenvalue weighted by molar-refractivity contribution is 7.19. The average Bonchev–Trinajstić information content (AvgIpc) is 3.45. The quantitative estimate of drug-likeness (QED) is 0.473. The molecule has 0 aliphatic heterocycles. The topological polar surface area (TPSA) is 86.6 Å².